The van der Waals surface area contributed by atoms with Gasteiger partial charge in [0.2, 0.25) is 5.76 Å². The molecule has 1 saturated heterocycles. The zero-order valence-electron chi connectivity index (χ0n) is 10.9. The monoisotopic (exact) mass is 266 g/mol. The first-order valence-corrected chi connectivity index (χ1v) is 6.43. The molecule has 6 nitrogen and oxygen atoms in total. The van der Waals surface area contributed by atoms with Crippen molar-refractivity contribution in [2.24, 2.45) is 0 Å². The highest BCUT2D eigenvalue weighted by atomic mass is 16.4. The van der Waals surface area contributed by atoms with Crippen molar-refractivity contribution in [3.8, 4) is 0 Å². The van der Waals surface area contributed by atoms with Crippen LogP contribution >= 0.6 is 0 Å². The summed E-state index contributed by atoms with van der Waals surface area (Å²) in [6, 6.07) is 2.93. The predicted molar refractivity (Wildman–Crippen MR) is 68.3 cm³/mol. The van der Waals surface area contributed by atoms with Crippen molar-refractivity contribution in [1.29, 1.82) is 0 Å². The summed E-state index contributed by atoms with van der Waals surface area (Å²) in [6.45, 7) is 4.74. The summed E-state index contributed by atoms with van der Waals surface area (Å²) in [5.41, 5.74) is 0. The Morgan fingerprint density at radius 2 is 2.00 bits per heavy atom. The van der Waals surface area contributed by atoms with Crippen LogP contribution in [-0.2, 0) is 0 Å². The van der Waals surface area contributed by atoms with Gasteiger partial charge in [-0.1, -0.05) is 0 Å². The standard InChI is InChI=1S/C13H18N2O4/c1-9(15-6-2-3-7-15)8-14-12(16)10-4-5-11(19-10)13(17)18/h4-5,9H,2-3,6-8H2,1H3,(H,14,16)(H,17,18). The van der Waals surface area contributed by atoms with Crippen LogP contribution in [0.4, 0.5) is 0 Å². The van der Waals surface area contributed by atoms with Crippen molar-refractivity contribution in [3.05, 3.63) is 23.7 Å². The van der Waals surface area contributed by atoms with Crippen molar-refractivity contribution in [1.82, 2.24) is 10.2 Å². The fraction of sp³-hybridized carbons (Fsp3) is 0.538. The van der Waals surface area contributed by atoms with Crippen LogP contribution in [0.1, 0.15) is 40.9 Å². The third kappa shape index (κ3) is 3.35. The molecule has 0 spiro atoms. The molecule has 1 aliphatic rings. The van der Waals surface area contributed by atoms with E-state index in [1.807, 2.05) is 0 Å². The van der Waals surface area contributed by atoms with Gasteiger partial charge in [0.1, 0.15) is 0 Å². The minimum absolute atomic E-state index is 0.0334. The van der Waals surface area contributed by atoms with Crippen molar-refractivity contribution < 1.29 is 19.1 Å². The van der Waals surface area contributed by atoms with E-state index in [0.717, 1.165) is 13.1 Å². The number of aromatic carboxylic acids is 1. The molecule has 2 rings (SSSR count). The Balaban J connectivity index is 1.84. The van der Waals surface area contributed by atoms with Gasteiger partial charge < -0.3 is 14.8 Å². The molecule has 2 N–H and O–H groups in total. The number of hydrogen-bond acceptors (Lipinski definition) is 4. The Hall–Kier alpha value is -1.82. The zero-order chi connectivity index (χ0) is 13.8. The van der Waals surface area contributed by atoms with Crippen LogP contribution in [-0.4, -0.2) is 47.6 Å². The number of carboxylic acids is 1. The van der Waals surface area contributed by atoms with Gasteiger partial charge in [-0.2, -0.15) is 0 Å². The number of nitrogens with zero attached hydrogens (tertiary/aromatic N) is 1. The molecule has 6 heteroatoms. The minimum atomic E-state index is -1.18. The van der Waals surface area contributed by atoms with Gasteiger partial charge in [-0.05, 0) is 45.0 Å². The SMILES string of the molecule is CC(CNC(=O)c1ccc(C(=O)O)o1)N1CCCC1. The second-order valence-corrected chi connectivity index (χ2v) is 4.77. The number of nitrogens with one attached hydrogen (secondary N) is 1. The molecule has 0 aliphatic carbocycles. The van der Waals surface area contributed by atoms with E-state index in [9.17, 15) is 9.59 Å². The van der Waals surface area contributed by atoms with Crippen LogP contribution in [0.25, 0.3) is 0 Å². The Bertz CT molecular complexity index is 463. The van der Waals surface area contributed by atoms with E-state index in [0.29, 0.717) is 6.54 Å². The molecule has 104 valence electrons. The summed E-state index contributed by atoms with van der Waals surface area (Å²) < 4.78 is 4.94. The normalized spacial score (nSPS) is 17.3. The van der Waals surface area contributed by atoms with Crippen molar-refractivity contribution in [2.45, 2.75) is 25.8 Å². The Kier molecular flexibility index (Phi) is 4.21. The molecular weight excluding hydrogens is 248 g/mol. The quantitative estimate of drug-likeness (QED) is 0.836. The smallest absolute Gasteiger partial charge is 0.371 e. The zero-order valence-corrected chi connectivity index (χ0v) is 10.9. The summed E-state index contributed by atoms with van der Waals surface area (Å²) in [7, 11) is 0. The van der Waals surface area contributed by atoms with Crippen molar-refractivity contribution in [2.75, 3.05) is 19.6 Å². The van der Waals surface area contributed by atoms with E-state index in [1.54, 1.807) is 0 Å². The summed E-state index contributed by atoms with van der Waals surface area (Å²) in [4.78, 5) is 24.8. The van der Waals surface area contributed by atoms with Crippen LogP contribution < -0.4 is 5.32 Å². The summed E-state index contributed by atoms with van der Waals surface area (Å²) >= 11 is 0. The van der Waals surface area contributed by atoms with Crippen LogP contribution in [0.5, 0.6) is 0 Å². The van der Waals surface area contributed by atoms with Crippen molar-refractivity contribution in [3.63, 3.8) is 0 Å². The van der Waals surface area contributed by atoms with E-state index in [4.69, 9.17) is 9.52 Å². The van der Waals surface area contributed by atoms with E-state index >= 15 is 0 Å². The highest BCUT2D eigenvalue weighted by Crippen LogP contribution is 2.11. The maximum absolute atomic E-state index is 11.8. The lowest BCUT2D eigenvalue weighted by Gasteiger charge is -2.23. The Labute approximate surface area is 111 Å². The van der Waals surface area contributed by atoms with Gasteiger partial charge in [-0.25, -0.2) is 4.79 Å². The second-order valence-electron chi connectivity index (χ2n) is 4.77. The van der Waals surface area contributed by atoms with Crippen LogP contribution in [0.15, 0.2) is 16.5 Å². The lowest BCUT2D eigenvalue weighted by atomic mass is 10.3. The van der Waals surface area contributed by atoms with Crippen molar-refractivity contribution >= 4 is 11.9 Å². The lowest BCUT2D eigenvalue weighted by Crippen LogP contribution is -2.40. The number of furan rings is 1. The van der Waals surface area contributed by atoms with E-state index in [1.165, 1.54) is 25.0 Å². The Morgan fingerprint density at radius 1 is 1.37 bits per heavy atom. The molecule has 1 amide bonds. The summed E-state index contributed by atoms with van der Waals surface area (Å²) in [6.07, 6.45) is 2.41. The molecule has 0 bridgehead atoms. The fourth-order valence-corrected chi connectivity index (χ4v) is 2.21. The molecular formula is C13H18N2O4. The number of amides is 1. The lowest BCUT2D eigenvalue weighted by molar-refractivity contribution is 0.0659. The molecule has 1 fully saturated rings. The molecule has 0 aromatic carbocycles. The van der Waals surface area contributed by atoms with Gasteiger partial charge >= 0.3 is 5.97 Å². The third-order valence-electron chi connectivity index (χ3n) is 3.36. The molecule has 19 heavy (non-hydrogen) atoms. The number of rotatable bonds is 5. The molecule has 1 unspecified atom stereocenters. The van der Waals surface area contributed by atoms with E-state index < -0.39 is 5.97 Å². The minimum Gasteiger partial charge on any atom is -0.475 e. The highest BCUT2D eigenvalue weighted by molar-refractivity contribution is 5.93. The predicted octanol–water partition coefficient (Wildman–Crippen LogP) is 1.19. The fourth-order valence-electron chi connectivity index (χ4n) is 2.21. The van der Waals surface area contributed by atoms with Crippen LogP contribution in [0.3, 0.4) is 0 Å². The molecule has 1 atom stereocenters. The number of carbonyl (C=O) groups is 2. The Morgan fingerprint density at radius 3 is 2.58 bits per heavy atom. The average molecular weight is 266 g/mol. The molecule has 1 aromatic heterocycles. The number of likely N-dealkylation sites (tertiary alicyclic amines) is 1. The van der Waals surface area contributed by atoms with Gasteiger partial charge in [-0.3, -0.25) is 9.69 Å². The number of carbonyl (C=O) groups excluding carboxylic acids is 1. The summed E-state index contributed by atoms with van der Waals surface area (Å²) in [5, 5.41) is 11.5. The van der Waals surface area contributed by atoms with Gasteiger partial charge in [0.05, 0.1) is 0 Å². The van der Waals surface area contributed by atoms with E-state index in [2.05, 4.69) is 17.1 Å². The maximum atomic E-state index is 11.8. The first-order valence-electron chi connectivity index (χ1n) is 6.43. The maximum Gasteiger partial charge on any atom is 0.371 e. The molecule has 1 aromatic rings. The number of hydrogen-bond donors (Lipinski definition) is 2. The molecule has 1 aliphatic heterocycles. The summed E-state index contributed by atoms with van der Waals surface area (Å²) in [5.74, 6) is -1.74. The largest absolute Gasteiger partial charge is 0.475 e. The van der Waals surface area contributed by atoms with Crippen LogP contribution in [0.2, 0.25) is 0 Å². The molecule has 2 heterocycles. The van der Waals surface area contributed by atoms with Gasteiger partial charge in [0.25, 0.3) is 5.91 Å². The first kappa shape index (κ1) is 13.6. The highest BCUT2D eigenvalue weighted by Gasteiger charge is 2.20. The van der Waals surface area contributed by atoms with Gasteiger partial charge in [0.15, 0.2) is 5.76 Å². The first-order chi connectivity index (χ1) is 9.08. The molecule has 0 saturated carbocycles. The van der Waals surface area contributed by atoms with Gasteiger partial charge in [-0.15, -0.1) is 0 Å². The second kappa shape index (κ2) is 5.88. The number of carboxylic acid groups (broad SMARTS) is 1. The van der Waals surface area contributed by atoms with Crippen LogP contribution in [0, 0.1) is 0 Å². The van der Waals surface area contributed by atoms with Gasteiger partial charge in [0, 0.05) is 12.6 Å². The average Bonchev–Trinajstić information content (AvgIpc) is 3.05. The van der Waals surface area contributed by atoms with E-state index in [-0.39, 0.29) is 23.5 Å². The third-order valence-corrected chi connectivity index (χ3v) is 3.36. The molecule has 0 radical (unpaired) electrons. The topological polar surface area (TPSA) is 82.8 Å².